The van der Waals surface area contributed by atoms with Gasteiger partial charge >= 0.3 is 0 Å². The standard InChI is InChI=1S/C32H30N2O/c35-31(23-13-16-26-14-5-1-6-15-26)30-24-34(25-33-30)32(27-17-7-2-8-18-27,28-19-9-3-10-20-28)29-21-11-4-12-22-29/h1-12,14-15,17-22,24-25,31,35H,13,16,23H2. The molecule has 0 saturated heterocycles. The van der Waals surface area contributed by atoms with Gasteiger partial charge in [0.25, 0.3) is 0 Å². The number of hydrogen-bond donors (Lipinski definition) is 1. The Kier molecular flexibility index (Phi) is 6.87. The quantitative estimate of drug-likeness (QED) is 0.247. The number of benzene rings is 4. The van der Waals surface area contributed by atoms with Gasteiger partial charge in [-0.15, -0.1) is 0 Å². The molecule has 174 valence electrons. The highest BCUT2D eigenvalue weighted by Crippen LogP contribution is 2.41. The van der Waals surface area contributed by atoms with Gasteiger partial charge in [-0.05, 0) is 41.5 Å². The summed E-state index contributed by atoms with van der Waals surface area (Å²) in [5, 5.41) is 11.0. The molecule has 0 aliphatic heterocycles. The number of aryl methyl sites for hydroxylation is 1. The SMILES string of the molecule is OC(CCCc1ccccc1)c1cn(C(c2ccccc2)(c2ccccc2)c2ccccc2)cn1. The van der Waals surface area contributed by atoms with E-state index in [1.165, 1.54) is 5.56 Å². The van der Waals surface area contributed by atoms with Crippen LogP contribution in [0.5, 0.6) is 0 Å². The van der Waals surface area contributed by atoms with Crippen LogP contribution in [0.2, 0.25) is 0 Å². The maximum Gasteiger partial charge on any atom is 0.121 e. The average molecular weight is 459 g/mol. The van der Waals surface area contributed by atoms with Crippen molar-refractivity contribution in [2.45, 2.75) is 30.9 Å². The zero-order valence-corrected chi connectivity index (χ0v) is 19.7. The van der Waals surface area contributed by atoms with Crippen LogP contribution in [0.15, 0.2) is 134 Å². The Balaban J connectivity index is 1.53. The lowest BCUT2D eigenvalue weighted by Gasteiger charge is -2.37. The normalized spacial score (nSPS) is 12.4. The third-order valence-electron chi connectivity index (χ3n) is 6.69. The van der Waals surface area contributed by atoms with Gasteiger partial charge in [-0.25, -0.2) is 4.98 Å². The first-order chi connectivity index (χ1) is 17.3. The highest BCUT2D eigenvalue weighted by Gasteiger charge is 2.38. The van der Waals surface area contributed by atoms with E-state index >= 15 is 0 Å². The van der Waals surface area contributed by atoms with Crippen molar-refractivity contribution in [2.75, 3.05) is 0 Å². The summed E-state index contributed by atoms with van der Waals surface area (Å²) in [6.45, 7) is 0. The maximum absolute atomic E-state index is 11.0. The minimum absolute atomic E-state index is 0.611. The molecule has 1 aromatic heterocycles. The van der Waals surface area contributed by atoms with E-state index in [4.69, 9.17) is 4.98 Å². The lowest BCUT2D eigenvalue weighted by molar-refractivity contribution is 0.160. The van der Waals surface area contributed by atoms with Crippen molar-refractivity contribution < 1.29 is 5.11 Å². The summed E-state index contributed by atoms with van der Waals surface area (Å²) in [4.78, 5) is 4.70. The Hall–Kier alpha value is -3.95. The Morgan fingerprint density at radius 2 is 1.11 bits per heavy atom. The second kappa shape index (κ2) is 10.5. The molecule has 0 fully saturated rings. The highest BCUT2D eigenvalue weighted by atomic mass is 16.3. The van der Waals surface area contributed by atoms with Crippen molar-refractivity contribution in [2.24, 2.45) is 0 Å². The fourth-order valence-corrected chi connectivity index (χ4v) is 4.97. The molecule has 1 heterocycles. The van der Waals surface area contributed by atoms with Crippen LogP contribution in [0.1, 0.15) is 46.9 Å². The van der Waals surface area contributed by atoms with Crippen LogP contribution in [0.4, 0.5) is 0 Å². The van der Waals surface area contributed by atoms with Gasteiger partial charge in [0.15, 0.2) is 0 Å². The number of aliphatic hydroxyl groups is 1. The van der Waals surface area contributed by atoms with Gasteiger partial charge in [0.1, 0.15) is 5.54 Å². The van der Waals surface area contributed by atoms with Gasteiger partial charge in [0.05, 0.1) is 18.1 Å². The maximum atomic E-state index is 11.0. The van der Waals surface area contributed by atoms with Crippen molar-refractivity contribution in [1.29, 1.82) is 0 Å². The third-order valence-corrected chi connectivity index (χ3v) is 6.69. The molecule has 0 amide bonds. The zero-order valence-electron chi connectivity index (χ0n) is 19.7. The molecule has 3 heteroatoms. The Morgan fingerprint density at radius 1 is 0.657 bits per heavy atom. The van der Waals surface area contributed by atoms with E-state index in [0.717, 1.165) is 29.5 Å². The van der Waals surface area contributed by atoms with Crippen molar-refractivity contribution in [3.05, 3.63) is 162 Å². The summed E-state index contributed by atoms with van der Waals surface area (Å²) in [5.41, 5.74) is 4.80. The number of imidazole rings is 1. The topological polar surface area (TPSA) is 38.0 Å². The first-order valence-electron chi connectivity index (χ1n) is 12.2. The van der Waals surface area contributed by atoms with E-state index in [9.17, 15) is 5.11 Å². The van der Waals surface area contributed by atoms with Crippen molar-refractivity contribution in [3.63, 3.8) is 0 Å². The van der Waals surface area contributed by atoms with E-state index in [2.05, 4.69) is 102 Å². The molecule has 0 aliphatic rings. The van der Waals surface area contributed by atoms with Gasteiger partial charge < -0.3 is 9.67 Å². The number of rotatable bonds is 9. The summed E-state index contributed by atoms with van der Waals surface area (Å²) in [7, 11) is 0. The second-order valence-electron chi connectivity index (χ2n) is 8.91. The summed E-state index contributed by atoms with van der Waals surface area (Å²) < 4.78 is 2.16. The van der Waals surface area contributed by atoms with Gasteiger partial charge in [-0.3, -0.25) is 0 Å². The first kappa shape index (κ1) is 22.8. The summed E-state index contributed by atoms with van der Waals surface area (Å²) in [6.07, 6.45) is 5.78. The number of nitrogens with zero attached hydrogens (tertiary/aromatic N) is 2. The van der Waals surface area contributed by atoms with Gasteiger partial charge in [-0.2, -0.15) is 0 Å². The minimum Gasteiger partial charge on any atom is -0.387 e. The van der Waals surface area contributed by atoms with Crippen LogP contribution >= 0.6 is 0 Å². The smallest absolute Gasteiger partial charge is 0.121 e. The monoisotopic (exact) mass is 458 g/mol. The fraction of sp³-hybridized carbons (Fsp3) is 0.156. The Bertz CT molecular complexity index is 1220. The first-order valence-corrected chi connectivity index (χ1v) is 12.2. The van der Waals surface area contributed by atoms with Gasteiger partial charge in [-0.1, -0.05) is 121 Å². The third kappa shape index (κ3) is 4.68. The van der Waals surface area contributed by atoms with Crippen molar-refractivity contribution >= 4 is 0 Å². The molecule has 1 atom stereocenters. The number of aromatic nitrogens is 2. The minimum atomic E-state index is -0.612. The van der Waals surface area contributed by atoms with Crippen LogP contribution < -0.4 is 0 Å². The molecule has 0 spiro atoms. The lowest BCUT2D eigenvalue weighted by Crippen LogP contribution is -2.37. The Labute approximate surface area is 207 Å². The highest BCUT2D eigenvalue weighted by molar-refractivity contribution is 5.50. The molecule has 3 nitrogen and oxygen atoms in total. The van der Waals surface area contributed by atoms with E-state index in [0.29, 0.717) is 12.1 Å². The Morgan fingerprint density at radius 3 is 1.60 bits per heavy atom. The molecule has 0 radical (unpaired) electrons. The van der Waals surface area contributed by atoms with Crippen molar-refractivity contribution in [1.82, 2.24) is 9.55 Å². The fourth-order valence-electron chi connectivity index (χ4n) is 4.97. The predicted octanol–water partition coefficient (Wildman–Crippen LogP) is 6.78. The molecule has 5 aromatic rings. The molecule has 4 aromatic carbocycles. The van der Waals surface area contributed by atoms with Crippen LogP contribution in [-0.4, -0.2) is 14.7 Å². The van der Waals surface area contributed by atoms with Crippen LogP contribution in [0.3, 0.4) is 0 Å². The summed E-state index contributed by atoms with van der Waals surface area (Å²) >= 11 is 0. The van der Waals surface area contributed by atoms with E-state index in [1.54, 1.807) is 0 Å². The molecule has 1 N–H and O–H groups in total. The molecular formula is C32H30N2O. The number of hydrogen-bond acceptors (Lipinski definition) is 2. The van der Waals surface area contributed by atoms with Crippen molar-refractivity contribution in [3.8, 4) is 0 Å². The molecule has 0 aliphatic carbocycles. The molecule has 0 bridgehead atoms. The average Bonchev–Trinajstić information content (AvgIpc) is 3.42. The molecule has 35 heavy (non-hydrogen) atoms. The van der Waals surface area contributed by atoms with Crippen LogP contribution in [0, 0.1) is 0 Å². The van der Waals surface area contributed by atoms with E-state index in [1.807, 2.05) is 36.8 Å². The van der Waals surface area contributed by atoms with E-state index < -0.39 is 11.6 Å². The summed E-state index contributed by atoms with van der Waals surface area (Å²) in [6, 6.07) is 42.0. The van der Waals surface area contributed by atoms with E-state index in [-0.39, 0.29) is 0 Å². The van der Waals surface area contributed by atoms with Crippen LogP contribution in [0.25, 0.3) is 0 Å². The number of aliphatic hydroxyl groups excluding tert-OH is 1. The second-order valence-corrected chi connectivity index (χ2v) is 8.91. The summed E-state index contributed by atoms with van der Waals surface area (Å²) in [5.74, 6) is 0. The molecule has 5 rings (SSSR count). The van der Waals surface area contributed by atoms with Crippen LogP contribution in [-0.2, 0) is 12.0 Å². The molecule has 1 unspecified atom stereocenters. The molecule has 0 saturated carbocycles. The lowest BCUT2D eigenvalue weighted by atomic mass is 9.77. The van der Waals surface area contributed by atoms with Gasteiger partial charge in [0, 0.05) is 6.20 Å². The largest absolute Gasteiger partial charge is 0.387 e. The zero-order chi connectivity index (χ0) is 23.9. The van der Waals surface area contributed by atoms with Gasteiger partial charge in [0.2, 0.25) is 0 Å². The molecular weight excluding hydrogens is 428 g/mol. The predicted molar refractivity (Wildman–Crippen MR) is 141 cm³/mol.